The monoisotopic (exact) mass is 263 g/mol. The first kappa shape index (κ1) is 13.3. The molecule has 1 aromatic carbocycles. The van der Waals surface area contributed by atoms with Gasteiger partial charge >= 0.3 is 0 Å². The Morgan fingerprint density at radius 2 is 2.11 bits per heavy atom. The molecule has 6 heteroatoms. The number of hydrogen-bond donors (Lipinski definition) is 1. The van der Waals surface area contributed by atoms with Gasteiger partial charge in [-0.05, 0) is 18.4 Å². The first-order valence-corrected chi connectivity index (χ1v) is 6.09. The zero-order chi connectivity index (χ0) is 14.2. The molecule has 6 nitrogen and oxygen atoms in total. The quantitative estimate of drug-likeness (QED) is 0.676. The molecule has 0 saturated carbocycles. The highest BCUT2D eigenvalue weighted by Gasteiger charge is 2.23. The second kappa shape index (κ2) is 4.53. The van der Waals surface area contributed by atoms with Crippen LogP contribution in [0.25, 0.3) is 11.1 Å². The molecule has 102 valence electrons. The number of hydrogen-bond acceptors (Lipinski definition) is 5. The van der Waals surface area contributed by atoms with E-state index in [2.05, 4.69) is 31.1 Å². The highest BCUT2D eigenvalue weighted by Crippen LogP contribution is 2.29. The summed E-state index contributed by atoms with van der Waals surface area (Å²) in [5.41, 5.74) is 0.679. The average Bonchev–Trinajstić information content (AvgIpc) is 2.68. The highest BCUT2D eigenvalue weighted by molar-refractivity contribution is 5.84. The van der Waals surface area contributed by atoms with E-state index in [4.69, 9.17) is 4.42 Å². The third kappa shape index (κ3) is 2.67. The summed E-state index contributed by atoms with van der Waals surface area (Å²) in [4.78, 5) is 14.6. The summed E-state index contributed by atoms with van der Waals surface area (Å²) in [6, 6.07) is 5.11. The van der Waals surface area contributed by atoms with Crippen LogP contribution in [0.3, 0.4) is 0 Å². The normalized spacial score (nSPS) is 13.5. The van der Waals surface area contributed by atoms with Crippen LogP contribution in [0.5, 0.6) is 0 Å². The van der Waals surface area contributed by atoms with E-state index in [0.717, 1.165) is 0 Å². The molecular weight excluding hydrogens is 246 g/mol. The van der Waals surface area contributed by atoms with Crippen molar-refractivity contribution in [1.82, 2.24) is 4.98 Å². The van der Waals surface area contributed by atoms with Crippen molar-refractivity contribution in [1.29, 1.82) is 0 Å². The number of benzene rings is 1. The molecule has 1 aromatic heterocycles. The number of nitrogens with one attached hydrogen (secondary N) is 1. The Labute approximate surface area is 111 Å². The molecule has 0 aliphatic carbocycles. The predicted molar refractivity (Wildman–Crippen MR) is 73.2 cm³/mol. The fourth-order valence-corrected chi connectivity index (χ4v) is 1.54. The van der Waals surface area contributed by atoms with Crippen molar-refractivity contribution in [3.8, 4) is 0 Å². The van der Waals surface area contributed by atoms with E-state index in [-0.39, 0.29) is 22.7 Å². The molecule has 2 aromatic rings. The number of anilines is 1. The van der Waals surface area contributed by atoms with Gasteiger partial charge < -0.3 is 9.73 Å². The Kier molecular flexibility index (Phi) is 3.18. The van der Waals surface area contributed by atoms with Crippen molar-refractivity contribution < 1.29 is 9.34 Å². The number of non-ortho nitro benzene ring substituents is 1. The van der Waals surface area contributed by atoms with E-state index in [1.54, 1.807) is 12.1 Å². The lowest BCUT2D eigenvalue weighted by Gasteiger charge is -2.27. The molecule has 1 unspecified atom stereocenters. The van der Waals surface area contributed by atoms with Crippen molar-refractivity contribution in [2.75, 3.05) is 5.32 Å². The van der Waals surface area contributed by atoms with Gasteiger partial charge in [-0.2, -0.15) is 4.98 Å². The molecular formula is C13H17N3O3. The SMILES string of the molecule is CC(Nc1nc2c([N+](=O)[O-])cccc2o1)C(C)(C)C. The lowest BCUT2D eigenvalue weighted by molar-refractivity contribution is -0.383. The van der Waals surface area contributed by atoms with Crippen LogP contribution in [0.4, 0.5) is 11.7 Å². The van der Waals surface area contributed by atoms with Gasteiger partial charge in [0.15, 0.2) is 11.1 Å². The number of nitrogens with zero attached hydrogens (tertiary/aromatic N) is 2. The van der Waals surface area contributed by atoms with Crippen molar-refractivity contribution in [2.45, 2.75) is 33.7 Å². The minimum absolute atomic E-state index is 0.0343. The van der Waals surface area contributed by atoms with Crippen LogP contribution in [-0.2, 0) is 0 Å². The second-order valence-electron chi connectivity index (χ2n) is 5.63. The molecule has 0 aliphatic rings. The summed E-state index contributed by atoms with van der Waals surface area (Å²) in [5, 5.41) is 14.0. The first-order valence-electron chi connectivity index (χ1n) is 6.09. The van der Waals surface area contributed by atoms with Gasteiger partial charge in [-0.25, -0.2) is 0 Å². The Bertz CT molecular complexity index is 613. The van der Waals surface area contributed by atoms with Gasteiger partial charge in [0, 0.05) is 12.1 Å². The number of nitro benzene ring substituents is 1. The molecule has 1 N–H and O–H groups in total. The summed E-state index contributed by atoms with van der Waals surface area (Å²) in [5.74, 6) is 0. The van der Waals surface area contributed by atoms with Crippen LogP contribution in [0.2, 0.25) is 0 Å². The Hall–Kier alpha value is -2.11. The molecule has 0 saturated heterocycles. The number of oxazole rings is 1. The van der Waals surface area contributed by atoms with Crippen LogP contribution in [0.15, 0.2) is 22.6 Å². The molecule has 0 spiro atoms. The summed E-state index contributed by atoms with van der Waals surface area (Å²) in [7, 11) is 0. The van der Waals surface area contributed by atoms with Gasteiger partial charge in [-0.1, -0.05) is 26.8 Å². The maximum atomic E-state index is 10.9. The minimum atomic E-state index is -0.457. The Morgan fingerprint density at radius 3 is 2.68 bits per heavy atom. The van der Waals surface area contributed by atoms with E-state index in [9.17, 15) is 10.1 Å². The van der Waals surface area contributed by atoms with Crippen LogP contribution in [0, 0.1) is 15.5 Å². The van der Waals surface area contributed by atoms with Crippen molar-refractivity contribution in [2.24, 2.45) is 5.41 Å². The van der Waals surface area contributed by atoms with Gasteiger partial charge in [-0.15, -0.1) is 0 Å². The van der Waals surface area contributed by atoms with Crippen molar-refractivity contribution in [3.05, 3.63) is 28.3 Å². The molecule has 2 rings (SSSR count). The van der Waals surface area contributed by atoms with Gasteiger partial charge in [0.1, 0.15) is 0 Å². The van der Waals surface area contributed by atoms with Gasteiger partial charge in [0.05, 0.1) is 4.92 Å². The van der Waals surface area contributed by atoms with Crippen LogP contribution >= 0.6 is 0 Å². The maximum Gasteiger partial charge on any atom is 0.298 e. The molecule has 0 amide bonds. The van der Waals surface area contributed by atoms with Crippen LogP contribution in [-0.4, -0.2) is 15.9 Å². The third-order valence-corrected chi connectivity index (χ3v) is 3.23. The molecule has 0 bridgehead atoms. The molecule has 0 radical (unpaired) electrons. The van der Waals surface area contributed by atoms with Crippen molar-refractivity contribution >= 4 is 22.8 Å². The average molecular weight is 263 g/mol. The lowest BCUT2D eigenvalue weighted by Crippen LogP contribution is -2.30. The highest BCUT2D eigenvalue weighted by atomic mass is 16.6. The molecule has 1 atom stereocenters. The molecule has 19 heavy (non-hydrogen) atoms. The van der Waals surface area contributed by atoms with Gasteiger partial charge in [0.25, 0.3) is 11.7 Å². The first-order chi connectivity index (χ1) is 8.79. The second-order valence-corrected chi connectivity index (χ2v) is 5.63. The maximum absolute atomic E-state index is 10.9. The van der Waals surface area contributed by atoms with E-state index >= 15 is 0 Å². The molecule has 1 heterocycles. The van der Waals surface area contributed by atoms with E-state index < -0.39 is 4.92 Å². The lowest BCUT2D eigenvalue weighted by atomic mass is 9.88. The van der Waals surface area contributed by atoms with E-state index in [1.807, 2.05) is 6.92 Å². The Morgan fingerprint density at radius 1 is 1.42 bits per heavy atom. The fourth-order valence-electron chi connectivity index (χ4n) is 1.54. The third-order valence-electron chi connectivity index (χ3n) is 3.23. The van der Waals surface area contributed by atoms with Crippen LogP contribution < -0.4 is 5.32 Å². The largest absolute Gasteiger partial charge is 0.423 e. The summed E-state index contributed by atoms with van der Waals surface area (Å²) < 4.78 is 5.50. The zero-order valence-electron chi connectivity index (χ0n) is 11.4. The van der Waals surface area contributed by atoms with E-state index in [1.165, 1.54) is 6.07 Å². The fraction of sp³-hybridized carbons (Fsp3) is 0.462. The Balaban J connectivity index is 2.37. The predicted octanol–water partition coefficient (Wildman–Crippen LogP) is 3.58. The molecule has 0 fully saturated rings. The number of nitro groups is 1. The van der Waals surface area contributed by atoms with Gasteiger partial charge in [0.2, 0.25) is 0 Å². The van der Waals surface area contributed by atoms with Crippen molar-refractivity contribution in [3.63, 3.8) is 0 Å². The summed E-state index contributed by atoms with van der Waals surface area (Å²) >= 11 is 0. The number of aromatic nitrogens is 1. The minimum Gasteiger partial charge on any atom is -0.423 e. The smallest absolute Gasteiger partial charge is 0.298 e. The molecule has 0 aliphatic heterocycles. The standard InChI is InChI=1S/C13H17N3O3/c1-8(13(2,3)4)14-12-15-11-9(16(17)18)6-5-7-10(11)19-12/h5-8H,1-4H3,(H,14,15). The topological polar surface area (TPSA) is 81.2 Å². The number of para-hydroxylation sites is 1. The number of rotatable bonds is 3. The zero-order valence-corrected chi connectivity index (χ0v) is 11.4. The van der Waals surface area contributed by atoms with Gasteiger partial charge in [-0.3, -0.25) is 10.1 Å². The van der Waals surface area contributed by atoms with E-state index in [0.29, 0.717) is 11.6 Å². The number of fused-ring (bicyclic) bond motifs is 1. The summed E-state index contributed by atoms with van der Waals surface area (Å²) in [6.07, 6.45) is 0. The summed E-state index contributed by atoms with van der Waals surface area (Å²) in [6.45, 7) is 8.30. The van der Waals surface area contributed by atoms with Crippen LogP contribution in [0.1, 0.15) is 27.7 Å².